The summed E-state index contributed by atoms with van der Waals surface area (Å²) < 4.78 is 0. The number of nitrogens with zero attached hydrogens (tertiary/aromatic N) is 1. The van der Waals surface area contributed by atoms with Crippen LogP contribution in [0.5, 0.6) is 0 Å². The zero-order valence-corrected chi connectivity index (χ0v) is 11.5. The maximum Gasteiger partial charge on any atom is 0.223 e. The fraction of sp³-hybridized carbons (Fsp3) is 0.312. The first-order chi connectivity index (χ1) is 9.08. The second-order valence-electron chi connectivity index (χ2n) is 4.65. The topological polar surface area (TPSA) is 46.3 Å². The first-order valence-electron chi connectivity index (χ1n) is 6.43. The van der Waals surface area contributed by atoms with Crippen LogP contribution in [-0.4, -0.2) is 23.9 Å². The van der Waals surface area contributed by atoms with Gasteiger partial charge in [0, 0.05) is 25.2 Å². The highest BCUT2D eigenvalue weighted by Crippen LogP contribution is 2.21. The Kier molecular flexibility index (Phi) is 5.86. The molecule has 0 heterocycles. The number of benzene rings is 1. The number of hydrogen-bond acceptors (Lipinski definition) is 2. The summed E-state index contributed by atoms with van der Waals surface area (Å²) in [6.07, 6.45) is 3.94. The number of carbonyl (C=O) groups is 1. The predicted molar refractivity (Wildman–Crippen MR) is 80.9 cm³/mol. The summed E-state index contributed by atoms with van der Waals surface area (Å²) in [5.74, 6) is 0.286. The molecule has 0 saturated carbocycles. The van der Waals surface area contributed by atoms with Crippen molar-refractivity contribution in [3.63, 3.8) is 0 Å². The van der Waals surface area contributed by atoms with Gasteiger partial charge in [0.15, 0.2) is 0 Å². The molecule has 0 aliphatic rings. The smallest absolute Gasteiger partial charge is 0.223 e. The summed E-state index contributed by atoms with van der Waals surface area (Å²) in [5, 5.41) is 0. The van der Waals surface area contributed by atoms with Crippen LogP contribution < -0.4 is 5.73 Å². The normalized spacial score (nSPS) is 11.6. The van der Waals surface area contributed by atoms with Crippen molar-refractivity contribution < 1.29 is 4.79 Å². The van der Waals surface area contributed by atoms with E-state index in [0.29, 0.717) is 19.5 Å². The van der Waals surface area contributed by atoms with E-state index >= 15 is 0 Å². The van der Waals surface area contributed by atoms with Crippen LogP contribution in [0.2, 0.25) is 0 Å². The van der Waals surface area contributed by atoms with Gasteiger partial charge in [0.1, 0.15) is 0 Å². The molecule has 1 unspecified atom stereocenters. The number of rotatable bonds is 7. The minimum atomic E-state index is 0.115. The van der Waals surface area contributed by atoms with Crippen LogP contribution in [0.15, 0.2) is 49.6 Å². The van der Waals surface area contributed by atoms with E-state index in [1.54, 1.807) is 17.1 Å². The van der Waals surface area contributed by atoms with E-state index in [1.807, 2.05) is 31.2 Å². The lowest BCUT2D eigenvalue weighted by molar-refractivity contribution is -0.130. The van der Waals surface area contributed by atoms with Crippen molar-refractivity contribution in [1.82, 2.24) is 4.90 Å². The van der Waals surface area contributed by atoms with Crippen molar-refractivity contribution in [3.05, 3.63) is 55.1 Å². The van der Waals surface area contributed by atoms with Gasteiger partial charge in [-0.1, -0.05) is 31.2 Å². The van der Waals surface area contributed by atoms with Crippen LogP contribution in [0.25, 0.3) is 0 Å². The van der Waals surface area contributed by atoms with E-state index in [0.717, 1.165) is 11.3 Å². The Hall–Kier alpha value is -2.03. The molecule has 0 aliphatic carbocycles. The van der Waals surface area contributed by atoms with Crippen molar-refractivity contribution in [2.24, 2.45) is 0 Å². The Bertz CT molecular complexity index is 427. The molecule has 3 nitrogen and oxygen atoms in total. The van der Waals surface area contributed by atoms with Crippen LogP contribution >= 0.6 is 0 Å². The van der Waals surface area contributed by atoms with Gasteiger partial charge >= 0.3 is 0 Å². The Morgan fingerprint density at radius 2 is 1.79 bits per heavy atom. The first-order valence-corrected chi connectivity index (χ1v) is 6.43. The highest BCUT2D eigenvalue weighted by atomic mass is 16.2. The molecule has 1 rings (SSSR count). The minimum Gasteiger partial charge on any atom is -0.399 e. The standard InChI is InChI=1S/C16H22N2O/c1-4-10-18(11-5-2)16(19)12-13(3)14-6-8-15(17)9-7-14/h4-9,13H,1-2,10-12,17H2,3H3. The summed E-state index contributed by atoms with van der Waals surface area (Å²) in [6.45, 7) is 10.5. The fourth-order valence-electron chi connectivity index (χ4n) is 1.92. The van der Waals surface area contributed by atoms with Gasteiger partial charge in [-0.3, -0.25) is 4.79 Å². The van der Waals surface area contributed by atoms with Gasteiger partial charge < -0.3 is 10.6 Å². The third-order valence-electron chi connectivity index (χ3n) is 3.04. The molecule has 1 aromatic rings. The van der Waals surface area contributed by atoms with Gasteiger partial charge in [0.05, 0.1) is 0 Å². The van der Waals surface area contributed by atoms with Crippen molar-refractivity contribution in [1.29, 1.82) is 0 Å². The van der Waals surface area contributed by atoms with Crippen LogP contribution in [0.1, 0.15) is 24.8 Å². The van der Waals surface area contributed by atoms with E-state index < -0.39 is 0 Å². The van der Waals surface area contributed by atoms with Crippen LogP contribution in [0.3, 0.4) is 0 Å². The number of nitrogens with two attached hydrogens (primary N) is 1. The highest BCUT2D eigenvalue weighted by molar-refractivity contribution is 5.77. The Balaban J connectivity index is 2.66. The van der Waals surface area contributed by atoms with Crippen molar-refractivity contribution in [3.8, 4) is 0 Å². The molecule has 2 N–H and O–H groups in total. The lowest BCUT2D eigenvalue weighted by atomic mass is 9.97. The van der Waals surface area contributed by atoms with Crippen LogP contribution in [-0.2, 0) is 4.79 Å². The van der Waals surface area contributed by atoms with Crippen molar-refractivity contribution in [2.45, 2.75) is 19.3 Å². The van der Waals surface area contributed by atoms with E-state index in [4.69, 9.17) is 5.73 Å². The molecular formula is C16H22N2O. The van der Waals surface area contributed by atoms with Gasteiger partial charge in [-0.2, -0.15) is 0 Å². The van der Waals surface area contributed by atoms with Gasteiger partial charge in [-0.25, -0.2) is 0 Å². The molecule has 0 aliphatic heterocycles. The van der Waals surface area contributed by atoms with Gasteiger partial charge in [-0.05, 0) is 23.6 Å². The number of nitrogen functional groups attached to an aromatic ring is 1. The minimum absolute atomic E-state index is 0.115. The Labute approximate surface area is 115 Å². The molecular weight excluding hydrogens is 236 g/mol. The van der Waals surface area contributed by atoms with Gasteiger partial charge in [0.2, 0.25) is 5.91 Å². The van der Waals surface area contributed by atoms with Crippen LogP contribution in [0.4, 0.5) is 5.69 Å². The molecule has 19 heavy (non-hydrogen) atoms. The van der Waals surface area contributed by atoms with Crippen LogP contribution in [0, 0.1) is 0 Å². The SMILES string of the molecule is C=CCN(CC=C)C(=O)CC(C)c1ccc(N)cc1. The molecule has 3 heteroatoms. The van der Waals surface area contributed by atoms with E-state index in [2.05, 4.69) is 13.2 Å². The molecule has 0 saturated heterocycles. The second-order valence-corrected chi connectivity index (χ2v) is 4.65. The summed E-state index contributed by atoms with van der Waals surface area (Å²) in [5.41, 5.74) is 7.52. The zero-order chi connectivity index (χ0) is 14.3. The van der Waals surface area contributed by atoms with E-state index in [1.165, 1.54) is 0 Å². The molecule has 0 bridgehead atoms. The number of amides is 1. The zero-order valence-electron chi connectivity index (χ0n) is 11.5. The van der Waals surface area contributed by atoms with Crippen molar-refractivity contribution >= 4 is 11.6 Å². The molecule has 0 radical (unpaired) electrons. The molecule has 0 fully saturated rings. The van der Waals surface area contributed by atoms with Gasteiger partial charge in [0.25, 0.3) is 0 Å². The number of carbonyl (C=O) groups excluding carboxylic acids is 1. The molecule has 0 spiro atoms. The summed E-state index contributed by atoms with van der Waals surface area (Å²) in [6, 6.07) is 7.67. The highest BCUT2D eigenvalue weighted by Gasteiger charge is 2.15. The summed E-state index contributed by atoms with van der Waals surface area (Å²) in [7, 11) is 0. The third-order valence-corrected chi connectivity index (χ3v) is 3.04. The lowest BCUT2D eigenvalue weighted by Crippen LogP contribution is -2.32. The average Bonchev–Trinajstić information content (AvgIpc) is 2.39. The largest absolute Gasteiger partial charge is 0.399 e. The van der Waals surface area contributed by atoms with E-state index in [-0.39, 0.29) is 11.8 Å². The Morgan fingerprint density at radius 1 is 1.26 bits per heavy atom. The van der Waals surface area contributed by atoms with E-state index in [9.17, 15) is 4.79 Å². The number of hydrogen-bond donors (Lipinski definition) is 1. The first kappa shape index (κ1) is 15.0. The number of anilines is 1. The molecule has 1 atom stereocenters. The molecule has 1 amide bonds. The average molecular weight is 258 g/mol. The Morgan fingerprint density at radius 3 is 2.26 bits per heavy atom. The predicted octanol–water partition coefficient (Wildman–Crippen LogP) is 2.96. The maximum atomic E-state index is 12.2. The second kappa shape index (κ2) is 7.41. The summed E-state index contributed by atoms with van der Waals surface area (Å²) in [4.78, 5) is 13.9. The molecule has 0 aromatic heterocycles. The monoisotopic (exact) mass is 258 g/mol. The molecule has 102 valence electrons. The van der Waals surface area contributed by atoms with Gasteiger partial charge in [-0.15, -0.1) is 13.2 Å². The van der Waals surface area contributed by atoms with Crippen molar-refractivity contribution in [2.75, 3.05) is 18.8 Å². The lowest BCUT2D eigenvalue weighted by Gasteiger charge is -2.21. The quantitative estimate of drug-likeness (QED) is 0.603. The molecule has 1 aromatic carbocycles. The maximum absolute atomic E-state index is 12.2. The fourth-order valence-corrected chi connectivity index (χ4v) is 1.92. The third kappa shape index (κ3) is 4.62. The summed E-state index contributed by atoms with van der Waals surface area (Å²) >= 11 is 0.